The van der Waals surface area contributed by atoms with Gasteiger partial charge in [-0.25, -0.2) is 0 Å². The Morgan fingerprint density at radius 2 is 2.20 bits per heavy atom. The lowest BCUT2D eigenvalue weighted by atomic mass is 10.0. The number of hydrogen-bond donors (Lipinski definition) is 1. The summed E-state index contributed by atoms with van der Waals surface area (Å²) >= 11 is 0. The minimum absolute atomic E-state index is 0.564. The number of anilines is 1. The van der Waals surface area contributed by atoms with E-state index in [9.17, 15) is 0 Å². The Hall–Kier alpha value is -1.02. The maximum Gasteiger partial charge on any atom is 0.0407 e. The fraction of sp³-hybridized carbons (Fsp3) is 0.538. The smallest absolute Gasteiger partial charge is 0.0407 e. The Labute approximate surface area is 92.1 Å². The second-order valence-corrected chi connectivity index (χ2v) is 4.67. The molecule has 2 heteroatoms. The third-order valence-corrected chi connectivity index (χ3v) is 3.28. The molecule has 1 aromatic carbocycles. The molecule has 1 heterocycles. The Balaban J connectivity index is 2.46. The molecule has 0 saturated carbocycles. The minimum Gasteiger partial charge on any atom is -0.366 e. The molecule has 0 bridgehead atoms. The zero-order valence-electron chi connectivity index (χ0n) is 9.83. The molecule has 2 N–H and O–H groups in total. The fourth-order valence-electron chi connectivity index (χ4n) is 2.71. The van der Waals surface area contributed by atoms with Gasteiger partial charge in [-0.15, -0.1) is 0 Å². The first-order valence-corrected chi connectivity index (χ1v) is 5.74. The fourth-order valence-corrected chi connectivity index (χ4v) is 2.71. The number of fused-ring (bicyclic) bond motifs is 1. The van der Waals surface area contributed by atoms with Crippen LogP contribution in [0.3, 0.4) is 0 Å². The average Bonchev–Trinajstić information content (AvgIpc) is 2.53. The summed E-state index contributed by atoms with van der Waals surface area (Å²) in [5, 5.41) is 0. The van der Waals surface area contributed by atoms with Crippen molar-refractivity contribution in [1.82, 2.24) is 0 Å². The van der Waals surface area contributed by atoms with Crippen LogP contribution in [0.2, 0.25) is 0 Å². The minimum atomic E-state index is 0.564. The van der Waals surface area contributed by atoms with Gasteiger partial charge in [-0.3, -0.25) is 0 Å². The first kappa shape index (κ1) is 10.5. The molecule has 1 aromatic rings. The van der Waals surface area contributed by atoms with Crippen LogP contribution < -0.4 is 10.6 Å². The van der Waals surface area contributed by atoms with Gasteiger partial charge in [0, 0.05) is 24.3 Å². The van der Waals surface area contributed by atoms with E-state index in [4.69, 9.17) is 5.73 Å². The van der Waals surface area contributed by atoms with E-state index in [-0.39, 0.29) is 0 Å². The van der Waals surface area contributed by atoms with E-state index in [1.807, 2.05) is 0 Å². The monoisotopic (exact) mass is 204 g/mol. The summed E-state index contributed by atoms with van der Waals surface area (Å²) < 4.78 is 0. The molecule has 1 aliphatic heterocycles. The largest absolute Gasteiger partial charge is 0.366 e. The van der Waals surface area contributed by atoms with Crippen molar-refractivity contribution in [2.24, 2.45) is 5.73 Å². The van der Waals surface area contributed by atoms with E-state index in [0.29, 0.717) is 18.6 Å². The number of nitrogens with two attached hydrogens (primary N) is 1. The maximum absolute atomic E-state index is 5.77. The molecule has 0 aliphatic carbocycles. The summed E-state index contributed by atoms with van der Waals surface area (Å²) in [6.45, 7) is 7.45. The zero-order chi connectivity index (χ0) is 11.0. The summed E-state index contributed by atoms with van der Waals surface area (Å²) in [7, 11) is 0. The van der Waals surface area contributed by atoms with E-state index in [2.05, 4.69) is 43.9 Å². The van der Waals surface area contributed by atoms with Crippen molar-refractivity contribution in [3.63, 3.8) is 0 Å². The highest BCUT2D eigenvalue weighted by molar-refractivity contribution is 5.62. The number of rotatable bonds is 2. The van der Waals surface area contributed by atoms with Gasteiger partial charge in [-0.2, -0.15) is 0 Å². The molecule has 0 fully saturated rings. The predicted octanol–water partition coefficient (Wildman–Crippen LogP) is 2.30. The second-order valence-electron chi connectivity index (χ2n) is 4.67. The Morgan fingerprint density at radius 1 is 1.47 bits per heavy atom. The van der Waals surface area contributed by atoms with Crippen molar-refractivity contribution < 1.29 is 0 Å². The van der Waals surface area contributed by atoms with Crippen molar-refractivity contribution in [1.29, 1.82) is 0 Å². The van der Waals surface area contributed by atoms with Crippen molar-refractivity contribution in [3.8, 4) is 0 Å². The Kier molecular flexibility index (Phi) is 2.70. The molecular formula is C13H20N2. The summed E-state index contributed by atoms with van der Waals surface area (Å²) in [6.07, 6.45) is 1.14. The molecule has 2 rings (SSSR count). The van der Waals surface area contributed by atoms with Gasteiger partial charge in [0.05, 0.1) is 0 Å². The maximum atomic E-state index is 5.77. The first-order valence-electron chi connectivity index (χ1n) is 5.74. The lowest BCUT2D eigenvalue weighted by Crippen LogP contribution is -2.35. The summed E-state index contributed by atoms with van der Waals surface area (Å²) in [5.74, 6) is 0. The van der Waals surface area contributed by atoms with Crippen LogP contribution in [-0.4, -0.2) is 12.1 Å². The van der Waals surface area contributed by atoms with E-state index in [1.165, 1.54) is 16.8 Å². The van der Waals surface area contributed by atoms with Crippen LogP contribution in [0.5, 0.6) is 0 Å². The molecule has 82 valence electrons. The normalized spacial score (nSPS) is 19.8. The van der Waals surface area contributed by atoms with Crippen LogP contribution in [0.4, 0.5) is 5.69 Å². The van der Waals surface area contributed by atoms with Gasteiger partial charge in [0.1, 0.15) is 0 Å². The molecule has 15 heavy (non-hydrogen) atoms. The molecule has 0 saturated heterocycles. The third kappa shape index (κ3) is 1.63. The van der Waals surface area contributed by atoms with Crippen molar-refractivity contribution in [2.45, 2.75) is 45.8 Å². The molecule has 1 aliphatic rings. The van der Waals surface area contributed by atoms with Crippen LogP contribution in [0.1, 0.15) is 31.9 Å². The van der Waals surface area contributed by atoms with Gasteiger partial charge in [-0.1, -0.05) is 12.1 Å². The zero-order valence-corrected chi connectivity index (χ0v) is 9.83. The van der Waals surface area contributed by atoms with Gasteiger partial charge in [-0.05, 0) is 44.4 Å². The van der Waals surface area contributed by atoms with Crippen LogP contribution in [0.15, 0.2) is 18.2 Å². The standard InChI is InChI=1S/C13H20N2/c1-9(2)15-10(3)7-12-11(8-14)5-4-6-13(12)15/h4-6,9-10H,7-8,14H2,1-3H3. The lowest BCUT2D eigenvalue weighted by Gasteiger charge is -2.29. The SMILES string of the molecule is CC(C)N1c2cccc(CN)c2CC1C. The van der Waals surface area contributed by atoms with E-state index >= 15 is 0 Å². The van der Waals surface area contributed by atoms with Crippen molar-refractivity contribution in [2.75, 3.05) is 4.90 Å². The van der Waals surface area contributed by atoms with E-state index < -0.39 is 0 Å². The van der Waals surface area contributed by atoms with Crippen molar-refractivity contribution in [3.05, 3.63) is 29.3 Å². The van der Waals surface area contributed by atoms with Gasteiger partial charge in [0.15, 0.2) is 0 Å². The molecule has 0 spiro atoms. The summed E-state index contributed by atoms with van der Waals surface area (Å²) in [4.78, 5) is 2.49. The highest BCUT2D eigenvalue weighted by Crippen LogP contribution is 2.35. The summed E-state index contributed by atoms with van der Waals surface area (Å²) in [6, 6.07) is 7.66. The first-order chi connectivity index (χ1) is 7.15. The second kappa shape index (κ2) is 3.86. The Bertz CT molecular complexity index is 358. The van der Waals surface area contributed by atoms with Gasteiger partial charge in [0.25, 0.3) is 0 Å². The molecule has 2 nitrogen and oxygen atoms in total. The summed E-state index contributed by atoms with van der Waals surface area (Å²) in [5.41, 5.74) is 9.93. The molecule has 1 atom stereocenters. The average molecular weight is 204 g/mol. The van der Waals surface area contributed by atoms with Crippen LogP contribution in [0.25, 0.3) is 0 Å². The van der Waals surface area contributed by atoms with Crippen LogP contribution in [-0.2, 0) is 13.0 Å². The molecule has 0 radical (unpaired) electrons. The Morgan fingerprint density at radius 3 is 2.80 bits per heavy atom. The third-order valence-electron chi connectivity index (χ3n) is 3.28. The van der Waals surface area contributed by atoms with Gasteiger partial charge >= 0.3 is 0 Å². The lowest BCUT2D eigenvalue weighted by molar-refractivity contribution is 0.605. The molecular weight excluding hydrogens is 184 g/mol. The van der Waals surface area contributed by atoms with Gasteiger partial charge in [0.2, 0.25) is 0 Å². The predicted molar refractivity (Wildman–Crippen MR) is 65.1 cm³/mol. The highest BCUT2D eigenvalue weighted by Gasteiger charge is 2.28. The molecule has 1 unspecified atom stereocenters. The quantitative estimate of drug-likeness (QED) is 0.801. The molecule has 0 amide bonds. The number of nitrogens with zero attached hydrogens (tertiary/aromatic N) is 1. The van der Waals surface area contributed by atoms with E-state index in [0.717, 1.165) is 6.42 Å². The number of benzene rings is 1. The number of hydrogen-bond acceptors (Lipinski definition) is 2. The van der Waals surface area contributed by atoms with Crippen LogP contribution in [0, 0.1) is 0 Å². The van der Waals surface area contributed by atoms with Crippen molar-refractivity contribution >= 4 is 5.69 Å². The van der Waals surface area contributed by atoms with E-state index in [1.54, 1.807) is 0 Å². The van der Waals surface area contributed by atoms with Gasteiger partial charge < -0.3 is 10.6 Å². The molecule has 0 aromatic heterocycles. The van der Waals surface area contributed by atoms with Crippen LogP contribution >= 0.6 is 0 Å². The topological polar surface area (TPSA) is 29.3 Å². The highest BCUT2D eigenvalue weighted by atomic mass is 15.2.